The number of halogens is 1. The molecular formula is C18H29ClN4O4S. The second kappa shape index (κ2) is 10.4. The SMILES string of the molecule is Cl.NCCNC(=O)c1cc(S(=O)(=O)N2CCCCC2)ccc1N1CCOCC1. The third kappa shape index (κ3) is 5.15. The molecule has 28 heavy (non-hydrogen) atoms. The molecular weight excluding hydrogens is 404 g/mol. The molecule has 1 aromatic carbocycles. The summed E-state index contributed by atoms with van der Waals surface area (Å²) in [6, 6.07) is 4.84. The molecule has 1 amide bonds. The van der Waals surface area contributed by atoms with Crippen LogP contribution in [0.25, 0.3) is 0 Å². The van der Waals surface area contributed by atoms with E-state index in [2.05, 4.69) is 10.2 Å². The van der Waals surface area contributed by atoms with Crippen LogP contribution in [0.4, 0.5) is 5.69 Å². The summed E-state index contributed by atoms with van der Waals surface area (Å²) < 4.78 is 32.9. The molecule has 2 saturated heterocycles. The number of amides is 1. The van der Waals surface area contributed by atoms with Crippen LogP contribution < -0.4 is 16.0 Å². The summed E-state index contributed by atoms with van der Waals surface area (Å²) in [5.41, 5.74) is 6.58. The number of benzene rings is 1. The first-order chi connectivity index (χ1) is 13.0. The lowest BCUT2D eigenvalue weighted by Gasteiger charge is -2.31. The summed E-state index contributed by atoms with van der Waals surface area (Å²) in [6.45, 7) is 4.21. The fourth-order valence-electron chi connectivity index (χ4n) is 3.47. The molecule has 0 unspecified atom stereocenters. The van der Waals surface area contributed by atoms with Crippen molar-refractivity contribution in [2.75, 3.05) is 57.4 Å². The number of carbonyl (C=O) groups is 1. The summed E-state index contributed by atoms with van der Waals surface area (Å²) in [4.78, 5) is 14.9. The van der Waals surface area contributed by atoms with Gasteiger partial charge in [-0.05, 0) is 31.0 Å². The van der Waals surface area contributed by atoms with Crippen molar-refractivity contribution in [1.82, 2.24) is 9.62 Å². The van der Waals surface area contributed by atoms with Gasteiger partial charge in [-0.25, -0.2) is 8.42 Å². The highest BCUT2D eigenvalue weighted by molar-refractivity contribution is 7.89. The molecule has 10 heteroatoms. The van der Waals surface area contributed by atoms with Gasteiger partial charge in [0.05, 0.1) is 23.7 Å². The highest BCUT2D eigenvalue weighted by Crippen LogP contribution is 2.28. The first kappa shape index (κ1) is 22.9. The number of rotatable bonds is 6. The molecule has 2 fully saturated rings. The molecule has 158 valence electrons. The van der Waals surface area contributed by atoms with Crippen LogP contribution in [0.5, 0.6) is 0 Å². The topological polar surface area (TPSA) is 105 Å². The Balaban J connectivity index is 0.00000280. The highest BCUT2D eigenvalue weighted by Gasteiger charge is 2.28. The number of nitrogens with zero attached hydrogens (tertiary/aromatic N) is 2. The molecule has 8 nitrogen and oxygen atoms in total. The first-order valence-corrected chi connectivity index (χ1v) is 10.9. The van der Waals surface area contributed by atoms with E-state index in [4.69, 9.17) is 10.5 Å². The van der Waals surface area contributed by atoms with Crippen molar-refractivity contribution in [1.29, 1.82) is 0 Å². The molecule has 1 aromatic rings. The van der Waals surface area contributed by atoms with Crippen LogP contribution in [0.15, 0.2) is 23.1 Å². The molecule has 2 aliphatic heterocycles. The van der Waals surface area contributed by atoms with E-state index < -0.39 is 10.0 Å². The lowest BCUT2D eigenvalue weighted by atomic mass is 10.1. The number of nitrogens with two attached hydrogens (primary N) is 1. The molecule has 0 spiro atoms. The Morgan fingerprint density at radius 2 is 1.79 bits per heavy atom. The van der Waals surface area contributed by atoms with Crippen LogP contribution in [0, 0.1) is 0 Å². The van der Waals surface area contributed by atoms with E-state index in [1.807, 2.05) is 0 Å². The molecule has 2 aliphatic rings. The van der Waals surface area contributed by atoms with E-state index in [1.54, 1.807) is 12.1 Å². The zero-order valence-electron chi connectivity index (χ0n) is 15.9. The molecule has 0 bridgehead atoms. The molecule has 0 aromatic heterocycles. The number of piperidine rings is 1. The van der Waals surface area contributed by atoms with Crippen molar-refractivity contribution in [3.05, 3.63) is 23.8 Å². The molecule has 0 aliphatic carbocycles. The van der Waals surface area contributed by atoms with E-state index in [1.165, 1.54) is 10.4 Å². The summed E-state index contributed by atoms with van der Waals surface area (Å²) in [5.74, 6) is -0.308. The van der Waals surface area contributed by atoms with Gasteiger partial charge in [-0.2, -0.15) is 4.31 Å². The smallest absolute Gasteiger partial charge is 0.253 e. The Hall–Kier alpha value is -1.39. The number of morpholine rings is 1. The summed E-state index contributed by atoms with van der Waals surface area (Å²) in [5, 5.41) is 2.76. The van der Waals surface area contributed by atoms with Crippen molar-refractivity contribution < 1.29 is 17.9 Å². The van der Waals surface area contributed by atoms with E-state index in [0.717, 1.165) is 24.9 Å². The van der Waals surface area contributed by atoms with Crippen molar-refractivity contribution in [3.8, 4) is 0 Å². The highest BCUT2D eigenvalue weighted by atomic mass is 35.5. The Morgan fingerprint density at radius 3 is 2.43 bits per heavy atom. The van der Waals surface area contributed by atoms with Gasteiger partial charge in [0.1, 0.15) is 0 Å². The van der Waals surface area contributed by atoms with Gasteiger partial charge in [0.25, 0.3) is 5.91 Å². The Morgan fingerprint density at radius 1 is 1.11 bits per heavy atom. The van der Waals surface area contributed by atoms with Crippen LogP contribution in [-0.2, 0) is 14.8 Å². The summed E-state index contributed by atoms with van der Waals surface area (Å²) in [7, 11) is -3.60. The maximum absolute atomic E-state index is 13.0. The van der Waals surface area contributed by atoms with Crippen molar-refractivity contribution in [3.63, 3.8) is 0 Å². The van der Waals surface area contributed by atoms with Crippen LogP contribution in [0.3, 0.4) is 0 Å². The fraction of sp³-hybridized carbons (Fsp3) is 0.611. The number of hydrogen-bond acceptors (Lipinski definition) is 6. The minimum atomic E-state index is -3.60. The van der Waals surface area contributed by atoms with Gasteiger partial charge in [0.2, 0.25) is 10.0 Å². The molecule has 0 atom stereocenters. The predicted molar refractivity (Wildman–Crippen MR) is 111 cm³/mol. The van der Waals surface area contributed by atoms with Gasteiger partial charge in [-0.1, -0.05) is 6.42 Å². The van der Waals surface area contributed by atoms with Crippen LogP contribution in [-0.4, -0.2) is 71.1 Å². The first-order valence-electron chi connectivity index (χ1n) is 9.49. The van der Waals surface area contributed by atoms with E-state index >= 15 is 0 Å². The third-order valence-electron chi connectivity index (χ3n) is 4.95. The van der Waals surface area contributed by atoms with Gasteiger partial charge >= 0.3 is 0 Å². The van der Waals surface area contributed by atoms with Crippen LogP contribution in [0.2, 0.25) is 0 Å². The molecule has 3 rings (SSSR count). The molecule has 0 saturated carbocycles. The van der Waals surface area contributed by atoms with E-state index in [9.17, 15) is 13.2 Å². The second-order valence-electron chi connectivity index (χ2n) is 6.79. The van der Waals surface area contributed by atoms with Gasteiger partial charge in [0.15, 0.2) is 0 Å². The summed E-state index contributed by atoms with van der Waals surface area (Å²) in [6.07, 6.45) is 2.79. The lowest BCUT2D eigenvalue weighted by Crippen LogP contribution is -2.39. The number of carbonyl (C=O) groups excluding carboxylic acids is 1. The number of hydrogen-bond donors (Lipinski definition) is 2. The second-order valence-corrected chi connectivity index (χ2v) is 8.73. The predicted octanol–water partition coefficient (Wildman–Crippen LogP) is 0.808. The minimum Gasteiger partial charge on any atom is -0.378 e. The standard InChI is InChI=1S/C18H28N4O4S.ClH/c19-6-7-20-18(23)16-14-15(27(24,25)22-8-2-1-3-9-22)4-5-17(16)21-10-12-26-13-11-21;/h4-5,14H,1-3,6-13,19H2,(H,20,23);1H. The van der Waals surface area contributed by atoms with Crippen LogP contribution >= 0.6 is 12.4 Å². The van der Waals surface area contributed by atoms with Crippen molar-refractivity contribution in [2.45, 2.75) is 24.2 Å². The average molecular weight is 433 g/mol. The monoisotopic (exact) mass is 432 g/mol. The zero-order valence-corrected chi connectivity index (χ0v) is 17.6. The normalized spacial score (nSPS) is 18.4. The largest absolute Gasteiger partial charge is 0.378 e. The minimum absolute atomic E-state index is 0. The number of nitrogens with one attached hydrogen (secondary N) is 1. The zero-order chi connectivity index (χ0) is 19.3. The fourth-order valence-corrected chi connectivity index (χ4v) is 5.02. The van der Waals surface area contributed by atoms with Gasteiger partial charge in [-0.15, -0.1) is 12.4 Å². The molecule has 0 radical (unpaired) electrons. The number of anilines is 1. The number of ether oxygens (including phenoxy) is 1. The maximum atomic E-state index is 13.0. The molecule has 2 heterocycles. The Labute approximate surface area is 172 Å². The van der Waals surface area contributed by atoms with Crippen LogP contribution in [0.1, 0.15) is 29.6 Å². The van der Waals surface area contributed by atoms with Gasteiger partial charge in [0, 0.05) is 45.0 Å². The number of sulfonamides is 1. The third-order valence-corrected chi connectivity index (χ3v) is 6.84. The quantitative estimate of drug-likeness (QED) is 0.689. The average Bonchev–Trinajstić information content (AvgIpc) is 2.72. The Kier molecular flexibility index (Phi) is 8.51. The van der Waals surface area contributed by atoms with E-state index in [0.29, 0.717) is 58.0 Å². The lowest BCUT2D eigenvalue weighted by molar-refractivity contribution is 0.0953. The van der Waals surface area contributed by atoms with E-state index in [-0.39, 0.29) is 23.2 Å². The van der Waals surface area contributed by atoms with Crippen molar-refractivity contribution in [2.24, 2.45) is 5.73 Å². The molecule has 3 N–H and O–H groups in total. The van der Waals surface area contributed by atoms with Crippen molar-refractivity contribution >= 4 is 34.0 Å². The summed E-state index contributed by atoms with van der Waals surface area (Å²) >= 11 is 0. The maximum Gasteiger partial charge on any atom is 0.253 e. The van der Waals surface area contributed by atoms with Gasteiger partial charge in [-0.3, -0.25) is 4.79 Å². The van der Waals surface area contributed by atoms with Gasteiger partial charge < -0.3 is 20.7 Å². The Bertz CT molecular complexity index is 763.